The molecule has 1 nitrogen and oxygen atoms in total. The van der Waals surface area contributed by atoms with Crippen LogP contribution in [0.5, 0.6) is 0 Å². The second-order valence-corrected chi connectivity index (χ2v) is 2.90. The minimum absolute atomic E-state index is 0.715. The third-order valence-corrected chi connectivity index (χ3v) is 1.57. The first kappa shape index (κ1) is 15.4. The molecule has 0 fully saturated rings. The van der Waals surface area contributed by atoms with Crippen LogP contribution in [0.4, 0.5) is 0 Å². The van der Waals surface area contributed by atoms with Crippen LogP contribution < -0.4 is 0 Å². The first-order valence-electron chi connectivity index (χ1n) is 4.76. The second-order valence-electron chi connectivity index (χ2n) is 2.11. The molecule has 13 heavy (non-hydrogen) atoms. The van der Waals surface area contributed by atoms with Gasteiger partial charge in [0, 0.05) is 5.33 Å². The molecule has 2 heteroatoms. The van der Waals surface area contributed by atoms with Gasteiger partial charge in [-0.15, -0.1) is 0 Å². The Morgan fingerprint density at radius 1 is 1.31 bits per heavy atom. The minimum atomic E-state index is 0.715. The van der Waals surface area contributed by atoms with E-state index in [0.29, 0.717) is 6.61 Å². The highest BCUT2D eigenvalue weighted by atomic mass is 79.9. The SMILES string of the molecule is C/C=C\C(=C/C)COCCBr.CC. The Morgan fingerprint density at radius 3 is 2.31 bits per heavy atom. The maximum atomic E-state index is 5.32. The molecular weight excluding hydrogens is 228 g/mol. The van der Waals surface area contributed by atoms with E-state index in [0.717, 1.165) is 11.9 Å². The van der Waals surface area contributed by atoms with E-state index in [1.165, 1.54) is 5.57 Å². The van der Waals surface area contributed by atoms with Crippen LogP contribution in [0.15, 0.2) is 23.8 Å². The molecule has 0 aromatic heterocycles. The predicted molar refractivity (Wildman–Crippen MR) is 64.5 cm³/mol. The van der Waals surface area contributed by atoms with Gasteiger partial charge in [-0.2, -0.15) is 0 Å². The topological polar surface area (TPSA) is 9.23 Å². The van der Waals surface area contributed by atoms with Crippen LogP contribution in [0.3, 0.4) is 0 Å². The van der Waals surface area contributed by atoms with Crippen LogP contribution >= 0.6 is 15.9 Å². The summed E-state index contributed by atoms with van der Waals surface area (Å²) in [5, 5.41) is 0.903. The molecule has 0 aromatic rings. The molecule has 0 saturated heterocycles. The number of hydrogen-bond acceptors (Lipinski definition) is 1. The van der Waals surface area contributed by atoms with Gasteiger partial charge in [0.2, 0.25) is 0 Å². The molecule has 0 aliphatic rings. The minimum Gasteiger partial charge on any atom is -0.376 e. The third kappa shape index (κ3) is 11.9. The molecule has 0 atom stereocenters. The van der Waals surface area contributed by atoms with Gasteiger partial charge >= 0.3 is 0 Å². The maximum Gasteiger partial charge on any atom is 0.0713 e. The molecule has 0 heterocycles. The van der Waals surface area contributed by atoms with Gasteiger partial charge in [0.15, 0.2) is 0 Å². The molecule has 0 saturated carbocycles. The van der Waals surface area contributed by atoms with Crippen molar-refractivity contribution in [3.05, 3.63) is 23.8 Å². The van der Waals surface area contributed by atoms with E-state index >= 15 is 0 Å². The number of alkyl halides is 1. The van der Waals surface area contributed by atoms with Crippen LogP contribution in [-0.2, 0) is 4.74 Å². The Bertz CT molecular complexity index is 139. The van der Waals surface area contributed by atoms with Gasteiger partial charge in [-0.3, -0.25) is 0 Å². The summed E-state index contributed by atoms with van der Waals surface area (Å²) >= 11 is 3.30. The van der Waals surface area contributed by atoms with Gasteiger partial charge in [-0.05, 0) is 19.4 Å². The van der Waals surface area contributed by atoms with Crippen molar-refractivity contribution in [2.45, 2.75) is 27.7 Å². The standard InChI is InChI=1S/C9H15BrO.C2H6/c1-3-5-9(4-2)8-11-7-6-10;1-2/h3-5H,6-8H2,1-2H3;1-2H3/b5-3-,9-4+;. The average Bonchev–Trinajstić information content (AvgIpc) is 2.20. The monoisotopic (exact) mass is 248 g/mol. The van der Waals surface area contributed by atoms with Crippen molar-refractivity contribution in [2.24, 2.45) is 0 Å². The zero-order chi connectivity index (χ0) is 10.5. The van der Waals surface area contributed by atoms with E-state index in [1.54, 1.807) is 0 Å². The number of halogens is 1. The van der Waals surface area contributed by atoms with Crippen LogP contribution in [0.1, 0.15) is 27.7 Å². The van der Waals surface area contributed by atoms with Gasteiger partial charge in [0.1, 0.15) is 0 Å². The number of ether oxygens (including phenoxy) is 1. The quantitative estimate of drug-likeness (QED) is 0.407. The summed E-state index contributed by atoms with van der Waals surface area (Å²) in [4.78, 5) is 0. The molecule has 0 radical (unpaired) electrons. The fourth-order valence-electron chi connectivity index (χ4n) is 0.686. The molecule has 78 valence electrons. The molecule has 0 aromatic carbocycles. The van der Waals surface area contributed by atoms with Gasteiger partial charge in [-0.1, -0.05) is 48.0 Å². The Balaban J connectivity index is 0. The molecule has 0 bridgehead atoms. The molecule has 0 aliphatic heterocycles. The number of hydrogen-bond donors (Lipinski definition) is 0. The molecule has 0 unspecified atom stereocenters. The number of allylic oxidation sites excluding steroid dienone is 2. The summed E-state index contributed by atoms with van der Waals surface area (Å²) in [6.45, 7) is 9.52. The summed E-state index contributed by atoms with van der Waals surface area (Å²) in [5.41, 5.74) is 1.23. The van der Waals surface area contributed by atoms with E-state index in [4.69, 9.17) is 4.74 Å². The van der Waals surface area contributed by atoms with E-state index in [-0.39, 0.29) is 0 Å². The first-order valence-corrected chi connectivity index (χ1v) is 5.89. The van der Waals surface area contributed by atoms with Crippen LogP contribution in [-0.4, -0.2) is 18.5 Å². The van der Waals surface area contributed by atoms with E-state index < -0.39 is 0 Å². The molecule has 0 amide bonds. The molecular formula is C11H21BrO. The third-order valence-electron chi connectivity index (χ3n) is 1.24. The van der Waals surface area contributed by atoms with Crippen LogP contribution in [0.25, 0.3) is 0 Å². The molecule has 0 aliphatic carbocycles. The van der Waals surface area contributed by atoms with E-state index in [1.807, 2.05) is 33.8 Å². The zero-order valence-electron chi connectivity index (χ0n) is 9.14. The maximum absolute atomic E-state index is 5.32. The van der Waals surface area contributed by atoms with E-state index in [9.17, 15) is 0 Å². The Kier molecular flexibility index (Phi) is 17.1. The first-order chi connectivity index (χ1) is 6.35. The Labute approximate surface area is 91.0 Å². The lowest BCUT2D eigenvalue weighted by atomic mass is 10.2. The zero-order valence-corrected chi connectivity index (χ0v) is 10.7. The smallest absolute Gasteiger partial charge is 0.0713 e. The normalized spacial score (nSPS) is 11.3. The van der Waals surface area contributed by atoms with Gasteiger partial charge in [-0.25, -0.2) is 0 Å². The van der Waals surface area contributed by atoms with Crippen molar-refractivity contribution in [3.63, 3.8) is 0 Å². The Hall–Kier alpha value is -0.0800. The Morgan fingerprint density at radius 2 is 1.92 bits per heavy atom. The lowest BCUT2D eigenvalue weighted by molar-refractivity contribution is 0.176. The van der Waals surface area contributed by atoms with Crippen LogP contribution in [0, 0.1) is 0 Å². The average molecular weight is 249 g/mol. The van der Waals surface area contributed by atoms with Gasteiger partial charge < -0.3 is 4.74 Å². The summed E-state index contributed by atoms with van der Waals surface area (Å²) in [6, 6.07) is 0. The summed E-state index contributed by atoms with van der Waals surface area (Å²) in [5.74, 6) is 0. The summed E-state index contributed by atoms with van der Waals surface area (Å²) in [7, 11) is 0. The fourth-order valence-corrected chi connectivity index (χ4v) is 0.915. The van der Waals surface area contributed by atoms with Gasteiger partial charge in [0.25, 0.3) is 0 Å². The van der Waals surface area contributed by atoms with Crippen molar-refractivity contribution in [3.8, 4) is 0 Å². The van der Waals surface area contributed by atoms with Crippen molar-refractivity contribution in [1.29, 1.82) is 0 Å². The van der Waals surface area contributed by atoms with E-state index in [2.05, 4.69) is 28.1 Å². The molecule has 0 spiro atoms. The fraction of sp³-hybridized carbons (Fsp3) is 0.636. The van der Waals surface area contributed by atoms with Crippen molar-refractivity contribution >= 4 is 15.9 Å². The highest BCUT2D eigenvalue weighted by Crippen LogP contribution is 1.97. The summed E-state index contributed by atoms with van der Waals surface area (Å²) < 4.78 is 5.32. The van der Waals surface area contributed by atoms with Crippen molar-refractivity contribution < 1.29 is 4.74 Å². The van der Waals surface area contributed by atoms with Crippen LogP contribution in [0.2, 0.25) is 0 Å². The molecule has 0 rings (SSSR count). The van der Waals surface area contributed by atoms with Gasteiger partial charge in [0.05, 0.1) is 13.2 Å². The lowest BCUT2D eigenvalue weighted by Crippen LogP contribution is -1.98. The highest BCUT2D eigenvalue weighted by Gasteiger charge is 1.89. The van der Waals surface area contributed by atoms with Crippen molar-refractivity contribution in [2.75, 3.05) is 18.5 Å². The molecule has 0 N–H and O–H groups in total. The summed E-state index contributed by atoms with van der Waals surface area (Å²) in [6.07, 6.45) is 6.15. The van der Waals surface area contributed by atoms with Crippen molar-refractivity contribution in [1.82, 2.24) is 0 Å². The number of rotatable bonds is 5. The second kappa shape index (κ2) is 14.4. The largest absolute Gasteiger partial charge is 0.376 e. The lowest BCUT2D eigenvalue weighted by Gasteiger charge is -2.01. The highest BCUT2D eigenvalue weighted by molar-refractivity contribution is 9.09. The predicted octanol–water partition coefficient (Wildman–Crippen LogP) is 3.95.